The lowest BCUT2D eigenvalue weighted by atomic mass is 9.76. The number of nitrogens with zero attached hydrogens (tertiary/aromatic N) is 1. The molecule has 1 saturated carbocycles. The van der Waals surface area contributed by atoms with E-state index < -0.39 is 5.67 Å². The van der Waals surface area contributed by atoms with Gasteiger partial charge in [0.1, 0.15) is 5.67 Å². The van der Waals surface area contributed by atoms with Crippen molar-refractivity contribution in [1.29, 1.82) is 0 Å². The molecule has 0 amide bonds. The van der Waals surface area contributed by atoms with Gasteiger partial charge in [-0.1, -0.05) is 12.8 Å². The summed E-state index contributed by atoms with van der Waals surface area (Å²) in [4.78, 5) is 13.3. The van der Waals surface area contributed by atoms with Gasteiger partial charge in [-0.15, -0.1) is 0 Å². The molecule has 2 atom stereocenters. The molecule has 0 aromatic carbocycles. The van der Waals surface area contributed by atoms with Crippen molar-refractivity contribution in [2.45, 2.75) is 44.7 Å². The van der Waals surface area contributed by atoms with Gasteiger partial charge in [0.25, 0.3) is 0 Å². The van der Waals surface area contributed by atoms with E-state index in [2.05, 4.69) is 4.99 Å². The molecule has 0 aromatic rings. The molecular formula is C10H16FNO. The lowest BCUT2D eigenvalue weighted by Gasteiger charge is -2.34. The van der Waals surface area contributed by atoms with E-state index in [4.69, 9.17) is 0 Å². The van der Waals surface area contributed by atoms with Gasteiger partial charge in [0.15, 0.2) is 0 Å². The molecule has 0 radical (unpaired) electrons. The second-order valence-corrected chi connectivity index (χ2v) is 3.98. The third kappa shape index (κ3) is 2.92. The molecule has 0 bridgehead atoms. The smallest absolute Gasteiger partial charge is 0.234 e. The minimum atomic E-state index is -1.04. The van der Waals surface area contributed by atoms with Crippen molar-refractivity contribution >= 4 is 6.08 Å². The first kappa shape index (κ1) is 10.4. The van der Waals surface area contributed by atoms with E-state index in [9.17, 15) is 9.18 Å². The Balaban J connectivity index is 2.41. The van der Waals surface area contributed by atoms with Crippen molar-refractivity contribution in [3.05, 3.63) is 0 Å². The van der Waals surface area contributed by atoms with Crippen LogP contribution in [0, 0.1) is 5.92 Å². The molecule has 0 N–H and O–H groups in total. The van der Waals surface area contributed by atoms with Crippen molar-refractivity contribution in [3.63, 3.8) is 0 Å². The lowest BCUT2D eigenvalue weighted by Crippen LogP contribution is -2.33. The van der Waals surface area contributed by atoms with E-state index in [1.807, 2.05) is 0 Å². The Morgan fingerprint density at radius 2 is 2.38 bits per heavy atom. The highest BCUT2D eigenvalue weighted by Crippen LogP contribution is 2.38. The number of halogens is 1. The minimum Gasteiger partial charge on any atom is -0.244 e. The molecule has 0 saturated heterocycles. The van der Waals surface area contributed by atoms with Crippen LogP contribution in [0.25, 0.3) is 0 Å². The van der Waals surface area contributed by atoms with Gasteiger partial charge in [-0.3, -0.25) is 0 Å². The van der Waals surface area contributed by atoms with Gasteiger partial charge < -0.3 is 0 Å². The maximum atomic E-state index is 13.8. The molecule has 74 valence electrons. The molecule has 3 heteroatoms. The Bertz CT molecular complexity index is 209. The monoisotopic (exact) mass is 185 g/mol. The van der Waals surface area contributed by atoms with E-state index in [0.29, 0.717) is 19.4 Å². The first-order valence-corrected chi connectivity index (χ1v) is 4.89. The molecule has 1 aliphatic rings. The Labute approximate surface area is 78.2 Å². The van der Waals surface area contributed by atoms with Crippen LogP contribution in [0.1, 0.15) is 39.0 Å². The minimum absolute atomic E-state index is 0.0818. The fourth-order valence-corrected chi connectivity index (χ4v) is 2.08. The fraction of sp³-hybridized carbons (Fsp3) is 0.900. The summed E-state index contributed by atoms with van der Waals surface area (Å²) < 4.78 is 13.8. The zero-order valence-corrected chi connectivity index (χ0v) is 8.05. The van der Waals surface area contributed by atoms with Crippen LogP contribution in [-0.4, -0.2) is 18.3 Å². The lowest BCUT2D eigenvalue weighted by molar-refractivity contribution is 0.0531. The maximum Gasteiger partial charge on any atom is 0.234 e. The van der Waals surface area contributed by atoms with E-state index in [-0.39, 0.29) is 5.92 Å². The highest BCUT2D eigenvalue weighted by Gasteiger charge is 2.35. The Morgan fingerprint density at radius 3 is 3.00 bits per heavy atom. The van der Waals surface area contributed by atoms with Crippen LogP contribution < -0.4 is 0 Å². The second kappa shape index (κ2) is 4.52. The molecule has 2 unspecified atom stereocenters. The fourth-order valence-electron chi connectivity index (χ4n) is 2.08. The standard InChI is InChI=1S/C10H16FNO/c1-10(11)6-3-2-4-9(10)5-7-12-8-13/h9H,2-7H2,1H3. The number of isocyanates is 1. The molecule has 1 fully saturated rings. The molecule has 2 nitrogen and oxygen atoms in total. The van der Waals surface area contributed by atoms with Gasteiger partial charge in [-0.05, 0) is 32.1 Å². The second-order valence-electron chi connectivity index (χ2n) is 3.98. The largest absolute Gasteiger partial charge is 0.244 e. The van der Waals surface area contributed by atoms with Crippen LogP contribution in [0.3, 0.4) is 0 Å². The van der Waals surface area contributed by atoms with Gasteiger partial charge in [0, 0.05) is 0 Å². The summed E-state index contributed by atoms with van der Waals surface area (Å²) in [5, 5.41) is 0. The SMILES string of the molecule is CC1(F)CCCCC1CCN=C=O. The summed E-state index contributed by atoms with van der Waals surface area (Å²) in [6.07, 6.45) is 5.85. The summed E-state index contributed by atoms with van der Waals surface area (Å²) in [6, 6.07) is 0. The number of carbonyl (C=O) groups excluding carboxylic acids is 1. The van der Waals surface area contributed by atoms with Crippen molar-refractivity contribution in [1.82, 2.24) is 0 Å². The van der Waals surface area contributed by atoms with Gasteiger partial charge in [-0.25, -0.2) is 14.2 Å². The highest BCUT2D eigenvalue weighted by atomic mass is 19.1. The molecular weight excluding hydrogens is 169 g/mol. The molecule has 0 aromatic heterocycles. The number of hydrogen-bond donors (Lipinski definition) is 0. The number of alkyl halides is 1. The Morgan fingerprint density at radius 1 is 1.62 bits per heavy atom. The Hall–Kier alpha value is -0.690. The van der Waals surface area contributed by atoms with Crippen LogP contribution in [0.2, 0.25) is 0 Å². The Kier molecular flexibility index (Phi) is 3.61. The van der Waals surface area contributed by atoms with E-state index in [1.54, 1.807) is 6.92 Å². The van der Waals surface area contributed by atoms with E-state index >= 15 is 0 Å². The van der Waals surface area contributed by atoms with Gasteiger partial charge in [0.2, 0.25) is 6.08 Å². The third-order valence-electron chi connectivity index (χ3n) is 2.97. The van der Waals surface area contributed by atoms with Crippen LogP contribution in [0.4, 0.5) is 4.39 Å². The topological polar surface area (TPSA) is 29.4 Å². The molecule has 0 spiro atoms. The summed E-state index contributed by atoms with van der Waals surface area (Å²) in [5.74, 6) is 0.0818. The highest BCUT2D eigenvalue weighted by molar-refractivity contribution is 5.32. The molecule has 0 heterocycles. The average molecular weight is 185 g/mol. The van der Waals surface area contributed by atoms with Gasteiger partial charge in [-0.2, -0.15) is 0 Å². The summed E-state index contributed by atoms with van der Waals surface area (Å²) >= 11 is 0. The molecule has 1 aliphatic carbocycles. The molecule has 1 rings (SSSR count). The van der Waals surface area contributed by atoms with E-state index in [1.165, 1.54) is 6.08 Å². The predicted molar refractivity (Wildman–Crippen MR) is 49.1 cm³/mol. The first-order valence-electron chi connectivity index (χ1n) is 4.89. The normalized spacial score (nSPS) is 33.8. The van der Waals surface area contributed by atoms with Crippen molar-refractivity contribution < 1.29 is 9.18 Å². The van der Waals surface area contributed by atoms with Crippen LogP contribution in [0.5, 0.6) is 0 Å². The van der Waals surface area contributed by atoms with Crippen LogP contribution >= 0.6 is 0 Å². The number of aliphatic imine (C=N–C) groups is 1. The predicted octanol–water partition coefficient (Wildman–Crippen LogP) is 2.63. The van der Waals surface area contributed by atoms with Crippen molar-refractivity contribution in [3.8, 4) is 0 Å². The van der Waals surface area contributed by atoms with Gasteiger partial charge >= 0.3 is 0 Å². The van der Waals surface area contributed by atoms with Crippen molar-refractivity contribution in [2.75, 3.05) is 6.54 Å². The van der Waals surface area contributed by atoms with Crippen LogP contribution in [0.15, 0.2) is 4.99 Å². The van der Waals surface area contributed by atoms with E-state index in [0.717, 1.165) is 19.3 Å². The summed E-state index contributed by atoms with van der Waals surface area (Å²) in [6.45, 7) is 2.09. The van der Waals surface area contributed by atoms with Crippen LogP contribution in [-0.2, 0) is 4.79 Å². The summed E-state index contributed by atoms with van der Waals surface area (Å²) in [7, 11) is 0. The molecule has 13 heavy (non-hydrogen) atoms. The molecule has 0 aliphatic heterocycles. The first-order chi connectivity index (χ1) is 6.17. The summed E-state index contributed by atoms with van der Waals surface area (Å²) in [5.41, 5.74) is -1.04. The zero-order chi connectivity index (χ0) is 9.73. The quantitative estimate of drug-likeness (QED) is 0.491. The van der Waals surface area contributed by atoms with Gasteiger partial charge in [0.05, 0.1) is 6.54 Å². The number of hydrogen-bond acceptors (Lipinski definition) is 2. The average Bonchev–Trinajstić information content (AvgIpc) is 2.08. The zero-order valence-electron chi connectivity index (χ0n) is 8.05. The maximum absolute atomic E-state index is 13.8. The van der Waals surface area contributed by atoms with Crippen molar-refractivity contribution in [2.24, 2.45) is 10.9 Å². The third-order valence-corrected chi connectivity index (χ3v) is 2.97. The number of rotatable bonds is 3.